The van der Waals surface area contributed by atoms with Crippen molar-refractivity contribution in [2.75, 3.05) is 26.8 Å². The van der Waals surface area contributed by atoms with Crippen LogP contribution in [0.4, 0.5) is 0 Å². The lowest BCUT2D eigenvalue weighted by atomic mass is 9.87. The van der Waals surface area contributed by atoms with Gasteiger partial charge in [-0.3, -0.25) is 9.69 Å². The number of carbonyl (C=O) groups excluding carboxylic acids is 1. The summed E-state index contributed by atoms with van der Waals surface area (Å²) in [5, 5.41) is 3.32. The predicted molar refractivity (Wildman–Crippen MR) is 59.4 cm³/mol. The molecule has 15 heavy (non-hydrogen) atoms. The fraction of sp³-hybridized carbons (Fsp3) is 0.909. The highest BCUT2D eigenvalue weighted by atomic mass is 16.2. The highest BCUT2D eigenvalue weighted by Crippen LogP contribution is 2.33. The summed E-state index contributed by atoms with van der Waals surface area (Å²) in [7, 11) is 2.08. The van der Waals surface area contributed by atoms with Crippen molar-refractivity contribution in [1.29, 1.82) is 0 Å². The molecule has 1 spiro atoms. The van der Waals surface area contributed by atoms with E-state index in [4.69, 9.17) is 0 Å². The third kappa shape index (κ3) is 1.56. The molecule has 2 aliphatic rings. The first-order chi connectivity index (χ1) is 7.08. The smallest absolute Gasteiger partial charge is 0.244 e. The van der Waals surface area contributed by atoms with Gasteiger partial charge in [-0.05, 0) is 46.8 Å². The molecule has 0 unspecified atom stereocenters. The highest BCUT2D eigenvalue weighted by Gasteiger charge is 2.51. The van der Waals surface area contributed by atoms with E-state index in [1.807, 2.05) is 4.90 Å². The number of hydrogen-bond donors (Lipinski definition) is 1. The average Bonchev–Trinajstić information content (AvgIpc) is 2.45. The highest BCUT2D eigenvalue weighted by molar-refractivity contribution is 5.88. The number of amides is 1. The first-order valence-electron chi connectivity index (χ1n) is 5.81. The minimum absolute atomic E-state index is 0.199. The van der Waals surface area contributed by atoms with E-state index in [0.29, 0.717) is 11.9 Å². The molecule has 0 atom stereocenters. The summed E-state index contributed by atoms with van der Waals surface area (Å²) in [4.78, 5) is 16.6. The van der Waals surface area contributed by atoms with Crippen LogP contribution in [0.25, 0.3) is 0 Å². The molecule has 4 nitrogen and oxygen atoms in total. The molecule has 0 saturated carbocycles. The third-order valence-electron chi connectivity index (χ3n) is 3.81. The normalized spacial score (nSPS) is 26.9. The van der Waals surface area contributed by atoms with Gasteiger partial charge in [-0.2, -0.15) is 0 Å². The minimum atomic E-state index is -0.199. The summed E-state index contributed by atoms with van der Waals surface area (Å²) in [5.41, 5.74) is -0.199. The summed E-state index contributed by atoms with van der Waals surface area (Å²) >= 11 is 0. The zero-order valence-electron chi connectivity index (χ0n) is 9.92. The van der Waals surface area contributed by atoms with Crippen LogP contribution in [0.1, 0.15) is 26.7 Å². The van der Waals surface area contributed by atoms with Gasteiger partial charge in [0, 0.05) is 6.04 Å². The Kier molecular flexibility index (Phi) is 2.73. The molecule has 0 aromatic carbocycles. The number of nitrogens with one attached hydrogen (secondary N) is 1. The van der Waals surface area contributed by atoms with E-state index in [1.54, 1.807) is 0 Å². The molecule has 0 bridgehead atoms. The second-order valence-electron chi connectivity index (χ2n) is 4.99. The Labute approximate surface area is 91.6 Å². The number of carbonyl (C=O) groups is 1. The molecule has 4 heteroatoms. The molecule has 2 saturated heterocycles. The first-order valence-corrected chi connectivity index (χ1v) is 5.81. The molecule has 2 heterocycles. The largest absolute Gasteiger partial charge is 0.326 e. The van der Waals surface area contributed by atoms with Crippen LogP contribution >= 0.6 is 0 Å². The van der Waals surface area contributed by atoms with Gasteiger partial charge < -0.3 is 10.2 Å². The minimum Gasteiger partial charge on any atom is -0.326 e. The van der Waals surface area contributed by atoms with Gasteiger partial charge in [0.2, 0.25) is 5.91 Å². The van der Waals surface area contributed by atoms with Crippen LogP contribution in [-0.4, -0.2) is 54.1 Å². The van der Waals surface area contributed by atoms with Crippen LogP contribution in [-0.2, 0) is 4.79 Å². The Balaban J connectivity index is 2.21. The van der Waals surface area contributed by atoms with Gasteiger partial charge in [-0.25, -0.2) is 0 Å². The van der Waals surface area contributed by atoms with Crippen molar-refractivity contribution in [2.45, 2.75) is 38.3 Å². The fourth-order valence-corrected chi connectivity index (χ4v) is 2.69. The van der Waals surface area contributed by atoms with Crippen LogP contribution in [0, 0.1) is 0 Å². The number of hydrogen-bond acceptors (Lipinski definition) is 3. The molecule has 2 fully saturated rings. The van der Waals surface area contributed by atoms with E-state index in [1.165, 1.54) is 0 Å². The summed E-state index contributed by atoms with van der Waals surface area (Å²) < 4.78 is 0. The van der Waals surface area contributed by atoms with Crippen LogP contribution in [0.15, 0.2) is 0 Å². The molecule has 0 aromatic rings. The molecule has 0 aliphatic carbocycles. The molecule has 1 amide bonds. The zero-order valence-corrected chi connectivity index (χ0v) is 9.92. The van der Waals surface area contributed by atoms with E-state index >= 15 is 0 Å². The van der Waals surface area contributed by atoms with Crippen LogP contribution in [0.3, 0.4) is 0 Å². The van der Waals surface area contributed by atoms with E-state index < -0.39 is 0 Å². The molecule has 2 rings (SSSR count). The number of likely N-dealkylation sites (N-methyl/N-ethyl adjacent to an activating group) is 1. The second kappa shape index (κ2) is 3.76. The Bertz CT molecular complexity index is 259. The van der Waals surface area contributed by atoms with Gasteiger partial charge in [-0.15, -0.1) is 0 Å². The summed E-state index contributed by atoms with van der Waals surface area (Å²) in [5.74, 6) is 0.335. The van der Waals surface area contributed by atoms with Crippen LogP contribution in [0.5, 0.6) is 0 Å². The molecule has 2 aliphatic heterocycles. The molecule has 1 N–H and O–H groups in total. The maximum atomic E-state index is 12.4. The van der Waals surface area contributed by atoms with E-state index in [9.17, 15) is 4.79 Å². The van der Waals surface area contributed by atoms with Gasteiger partial charge in [0.25, 0.3) is 0 Å². The Morgan fingerprint density at radius 2 is 1.93 bits per heavy atom. The average molecular weight is 211 g/mol. The van der Waals surface area contributed by atoms with E-state index in [2.05, 4.69) is 31.1 Å². The quantitative estimate of drug-likeness (QED) is 0.675. The van der Waals surface area contributed by atoms with Gasteiger partial charge >= 0.3 is 0 Å². The van der Waals surface area contributed by atoms with Crippen molar-refractivity contribution in [3.63, 3.8) is 0 Å². The lowest BCUT2D eigenvalue weighted by Gasteiger charge is -2.36. The zero-order chi connectivity index (χ0) is 11.1. The Morgan fingerprint density at radius 1 is 1.33 bits per heavy atom. The van der Waals surface area contributed by atoms with E-state index in [0.717, 1.165) is 32.6 Å². The number of nitrogens with zero attached hydrogens (tertiary/aromatic N) is 2. The Hall–Kier alpha value is -0.610. The van der Waals surface area contributed by atoms with Crippen molar-refractivity contribution in [1.82, 2.24) is 15.1 Å². The lowest BCUT2D eigenvalue weighted by Crippen LogP contribution is -2.54. The first kappa shape index (κ1) is 10.9. The van der Waals surface area contributed by atoms with Crippen molar-refractivity contribution < 1.29 is 4.79 Å². The van der Waals surface area contributed by atoms with Gasteiger partial charge in [-0.1, -0.05) is 0 Å². The summed E-state index contributed by atoms with van der Waals surface area (Å²) in [6.45, 7) is 6.89. The van der Waals surface area contributed by atoms with Crippen molar-refractivity contribution in [2.24, 2.45) is 0 Å². The molecular weight excluding hydrogens is 190 g/mol. The number of piperidine rings is 1. The van der Waals surface area contributed by atoms with E-state index in [-0.39, 0.29) is 5.54 Å². The monoisotopic (exact) mass is 211 g/mol. The maximum absolute atomic E-state index is 12.4. The summed E-state index contributed by atoms with van der Waals surface area (Å²) in [6, 6.07) is 0.314. The van der Waals surface area contributed by atoms with Gasteiger partial charge in [0.1, 0.15) is 5.54 Å². The van der Waals surface area contributed by atoms with Crippen molar-refractivity contribution >= 4 is 5.91 Å². The molecular formula is C11H21N3O. The SMILES string of the molecule is CC(C)N1CN(C)C2(CCNCC2)C1=O. The second-order valence-corrected chi connectivity index (χ2v) is 4.99. The molecule has 0 aromatic heterocycles. The fourth-order valence-electron chi connectivity index (χ4n) is 2.69. The molecule has 0 radical (unpaired) electrons. The van der Waals surface area contributed by atoms with Gasteiger partial charge in [0.05, 0.1) is 6.67 Å². The third-order valence-corrected chi connectivity index (χ3v) is 3.81. The van der Waals surface area contributed by atoms with Crippen molar-refractivity contribution in [3.05, 3.63) is 0 Å². The lowest BCUT2D eigenvalue weighted by molar-refractivity contribution is -0.135. The predicted octanol–water partition coefficient (Wildman–Crippen LogP) is 0.248. The summed E-state index contributed by atoms with van der Waals surface area (Å²) in [6.07, 6.45) is 1.90. The van der Waals surface area contributed by atoms with Crippen LogP contribution in [0.2, 0.25) is 0 Å². The Morgan fingerprint density at radius 3 is 2.40 bits per heavy atom. The maximum Gasteiger partial charge on any atom is 0.244 e. The van der Waals surface area contributed by atoms with Crippen molar-refractivity contribution in [3.8, 4) is 0 Å². The molecule has 86 valence electrons. The van der Waals surface area contributed by atoms with Gasteiger partial charge in [0.15, 0.2) is 0 Å². The topological polar surface area (TPSA) is 35.6 Å². The standard InChI is InChI=1S/C11H21N3O/c1-9(2)14-8-13(3)11(10(14)15)4-6-12-7-5-11/h9,12H,4-8H2,1-3H3. The number of rotatable bonds is 1. The van der Waals surface area contributed by atoms with Crippen LogP contribution < -0.4 is 5.32 Å².